The molecule has 0 aliphatic carbocycles. The van der Waals surface area contributed by atoms with Crippen LogP contribution in [0.2, 0.25) is 0 Å². The van der Waals surface area contributed by atoms with Crippen molar-refractivity contribution in [1.29, 1.82) is 0 Å². The number of carbonyl (C=O) groups excluding carboxylic acids is 3. The average Bonchev–Trinajstić information content (AvgIpc) is 3.38. The molecule has 0 saturated carbocycles. The molecule has 3 N–H and O–H groups in total. The van der Waals surface area contributed by atoms with Crippen LogP contribution in [0.5, 0.6) is 0 Å². The van der Waals surface area contributed by atoms with Gasteiger partial charge in [0.25, 0.3) is 0 Å². The van der Waals surface area contributed by atoms with E-state index in [0.29, 0.717) is 18.7 Å². The van der Waals surface area contributed by atoms with E-state index in [2.05, 4.69) is 15.6 Å². The van der Waals surface area contributed by atoms with E-state index in [1.54, 1.807) is 6.92 Å². The van der Waals surface area contributed by atoms with Gasteiger partial charge < -0.3 is 20.5 Å². The maximum Gasteiger partial charge on any atom is 0.242 e. The van der Waals surface area contributed by atoms with Gasteiger partial charge in [0.2, 0.25) is 17.7 Å². The van der Waals surface area contributed by atoms with Gasteiger partial charge in [-0.25, -0.2) is 4.39 Å². The van der Waals surface area contributed by atoms with Crippen LogP contribution in [-0.4, -0.2) is 41.8 Å². The summed E-state index contributed by atoms with van der Waals surface area (Å²) in [5.74, 6) is -1.78. The number of fused-ring (bicyclic) bond motifs is 1. The van der Waals surface area contributed by atoms with Crippen molar-refractivity contribution in [2.45, 2.75) is 25.8 Å². The van der Waals surface area contributed by atoms with Crippen molar-refractivity contribution < 1.29 is 18.8 Å². The molecule has 0 unspecified atom stereocenters. The number of aromatic nitrogens is 1. The number of nitrogens with one attached hydrogen (secondary N) is 3. The number of rotatable bonds is 7. The van der Waals surface area contributed by atoms with Crippen LogP contribution in [0.3, 0.4) is 0 Å². The molecule has 2 heterocycles. The Hall–Kier alpha value is -3.68. The van der Waals surface area contributed by atoms with Gasteiger partial charge in [0.1, 0.15) is 11.9 Å². The van der Waals surface area contributed by atoms with Gasteiger partial charge in [0, 0.05) is 42.3 Å². The SMILES string of the molecule is C[C@H](NC(=O)[C@@H]1CC(=O)N(c2ccc(F)cc2)C1)C(=O)NCCc1c[nH]c2ccccc12. The fourth-order valence-electron chi connectivity index (χ4n) is 3.96. The van der Waals surface area contributed by atoms with Gasteiger partial charge in [-0.3, -0.25) is 14.4 Å². The van der Waals surface area contributed by atoms with Crippen molar-refractivity contribution in [3.05, 3.63) is 66.1 Å². The first-order valence-corrected chi connectivity index (χ1v) is 10.6. The number of H-pyrrole nitrogens is 1. The molecule has 32 heavy (non-hydrogen) atoms. The molecule has 2 aromatic carbocycles. The van der Waals surface area contributed by atoms with Gasteiger partial charge >= 0.3 is 0 Å². The Balaban J connectivity index is 1.26. The highest BCUT2D eigenvalue weighted by Gasteiger charge is 2.36. The number of halogens is 1. The third kappa shape index (κ3) is 4.64. The summed E-state index contributed by atoms with van der Waals surface area (Å²) in [6.45, 7) is 2.26. The molecule has 1 fully saturated rings. The maximum atomic E-state index is 13.1. The van der Waals surface area contributed by atoms with Gasteiger partial charge in [0.05, 0.1) is 5.92 Å². The zero-order chi connectivity index (χ0) is 22.7. The lowest BCUT2D eigenvalue weighted by Crippen LogP contribution is -2.47. The maximum absolute atomic E-state index is 13.1. The summed E-state index contributed by atoms with van der Waals surface area (Å²) in [4.78, 5) is 42.0. The van der Waals surface area contributed by atoms with Crippen molar-refractivity contribution in [3.63, 3.8) is 0 Å². The Morgan fingerprint density at radius 3 is 2.72 bits per heavy atom. The van der Waals surface area contributed by atoms with Gasteiger partial charge in [-0.2, -0.15) is 0 Å². The summed E-state index contributed by atoms with van der Waals surface area (Å²) in [6.07, 6.45) is 2.66. The van der Waals surface area contributed by atoms with E-state index in [9.17, 15) is 18.8 Å². The predicted molar refractivity (Wildman–Crippen MR) is 119 cm³/mol. The number of anilines is 1. The Kier molecular flexibility index (Phi) is 6.20. The van der Waals surface area contributed by atoms with Crippen molar-refractivity contribution >= 4 is 34.3 Å². The molecule has 4 rings (SSSR count). The molecule has 0 spiro atoms. The Bertz CT molecular complexity index is 1140. The highest BCUT2D eigenvalue weighted by molar-refractivity contribution is 6.01. The quantitative estimate of drug-likeness (QED) is 0.531. The van der Waals surface area contributed by atoms with E-state index in [1.165, 1.54) is 29.2 Å². The summed E-state index contributed by atoms with van der Waals surface area (Å²) < 4.78 is 13.1. The first kappa shape index (κ1) is 21.5. The van der Waals surface area contributed by atoms with Crippen LogP contribution in [0.1, 0.15) is 18.9 Å². The number of para-hydroxylation sites is 1. The molecule has 7 nitrogen and oxygen atoms in total. The van der Waals surface area contributed by atoms with Crippen LogP contribution >= 0.6 is 0 Å². The minimum absolute atomic E-state index is 0.0537. The summed E-state index contributed by atoms with van der Waals surface area (Å²) in [7, 11) is 0. The molecule has 1 aromatic heterocycles. The number of hydrogen-bond donors (Lipinski definition) is 3. The molecule has 3 amide bonds. The number of amides is 3. The second-order valence-electron chi connectivity index (χ2n) is 8.01. The molecular formula is C24H25FN4O3. The van der Waals surface area contributed by atoms with Crippen LogP contribution in [0.25, 0.3) is 10.9 Å². The third-order valence-electron chi connectivity index (χ3n) is 5.75. The standard InChI is InChI=1S/C24H25FN4O3/c1-15(23(31)26-11-10-16-13-27-21-5-3-2-4-20(16)21)28-24(32)17-12-22(30)29(14-17)19-8-6-18(25)7-9-19/h2-9,13,15,17,27H,10-12,14H2,1H3,(H,26,31)(H,28,32)/t15-,17+/m0/s1. The molecule has 1 aliphatic heterocycles. The average molecular weight is 436 g/mol. The number of aromatic amines is 1. The minimum Gasteiger partial charge on any atom is -0.361 e. The molecule has 1 saturated heterocycles. The lowest BCUT2D eigenvalue weighted by molar-refractivity contribution is -0.130. The predicted octanol–water partition coefficient (Wildman–Crippen LogP) is 2.52. The van der Waals surface area contributed by atoms with Crippen molar-refractivity contribution in [2.24, 2.45) is 5.92 Å². The summed E-state index contributed by atoms with van der Waals surface area (Å²) >= 11 is 0. The number of benzene rings is 2. The van der Waals surface area contributed by atoms with Gasteiger partial charge in [-0.1, -0.05) is 18.2 Å². The highest BCUT2D eigenvalue weighted by atomic mass is 19.1. The second-order valence-corrected chi connectivity index (χ2v) is 8.01. The topological polar surface area (TPSA) is 94.3 Å². The second kappa shape index (κ2) is 9.21. The first-order chi connectivity index (χ1) is 15.4. The fraction of sp³-hybridized carbons (Fsp3) is 0.292. The number of nitrogens with zero attached hydrogens (tertiary/aromatic N) is 1. The highest BCUT2D eigenvalue weighted by Crippen LogP contribution is 2.25. The lowest BCUT2D eigenvalue weighted by Gasteiger charge is -2.18. The molecule has 0 bridgehead atoms. The molecule has 166 valence electrons. The monoisotopic (exact) mass is 436 g/mol. The van der Waals surface area contributed by atoms with E-state index in [1.807, 2.05) is 30.5 Å². The molecule has 1 aliphatic rings. The summed E-state index contributed by atoms with van der Waals surface area (Å²) in [5.41, 5.74) is 2.72. The number of hydrogen-bond acceptors (Lipinski definition) is 3. The molecule has 2 atom stereocenters. The van der Waals surface area contributed by atoms with E-state index in [4.69, 9.17) is 0 Å². The number of carbonyl (C=O) groups is 3. The van der Waals surface area contributed by atoms with Gasteiger partial charge in [-0.05, 0) is 49.2 Å². The van der Waals surface area contributed by atoms with Crippen LogP contribution in [0.15, 0.2) is 54.7 Å². The van der Waals surface area contributed by atoms with Gasteiger partial charge in [-0.15, -0.1) is 0 Å². The van der Waals surface area contributed by atoms with Crippen molar-refractivity contribution in [3.8, 4) is 0 Å². The van der Waals surface area contributed by atoms with Crippen LogP contribution in [0.4, 0.5) is 10.1 Å². The Labute approximate surface area is 185 Å². The van der Waals surface area contributed by atoms with Crippen LogP contribution in [0, 0.1) is 11.7 Å². The Morgan fingerprint density at radius 1 is 1.19 bits per heavy atom. The molecule has 0 radical (unpaired) electrons. The third-order valence-corrected chi connectivity index (χ3v) is 5.75. The zero-order valence-electron chi connectivity index (χ0n) is 17.7. The Morgan fingerprint density at radius 2 is 1.94 bits per heavy atom. The van der Waals surface area contributed by atoms with Crippen LogP contribution in [-0.2, 0) is 20.8 Å². The summed E-state index contributed by atoms with van der Waals surface area (Å²) in [6, 6.07) is 12.8. The first-order valence-electron chi connectivity index (χ1n) is 10.6. The van der Waals surface area contributed by atoms with E-state index in [0.717, 1.165) is 16.5 Å². The van der Waals surface area contributed by atoms with Crippen molar-refractivity contribution in [2.75, 3.05) is 18.0 Å². The fourth-order valence-corrected chi connectivity index (χ4v) is 3.96. The normalized spacial score (nSPS) is 16.9. The molecule has 3 aromatic rings. The molecule has 8 heteroatoms. The van der Waals surface area contributed by atoms with E-state index >= 15 is 0 Å². The van der Waals surface area contributed by atoms with Gasteiger partial charge in [0.15, 0.2) is 0 Å². The van der Waals surface area contributed by atoms with Crippen molar-refractivity contribution in [1.82, 2.24) is 15.6 Å². The van der Waals surface area contributed by atoms with E-state index < -0.39 is 12.0 Å². The molecular weight excluding hydrogens is 411 g/mol. The zero-order valence-corrected chi connectivity index (χ0v) is 17.7. The summed E-state index contributed by atoms with van der Waals surface area (Å²) in [5, 5.41) is 6.67. The van der Waals surface area contributed by atoms with Crippen LogP contribution < -0.4 is 15.5 Å². The lowest BCUT2D eigenvalue weighted by atomic mass is 10.1. The van der Waals surface area contributed by atoms with E-state index in [-0.39, 0.29) is 36.5 Å². The smallest absolute Gasteiger partial charge is 0.242 e. The largest absolute Gasteiger partial charge is 0.361 e. The minimum atomic E-state index is -0.722.